The Balaban J connectivity index is 1.45. The van der Waals surface area contributed by atoms with E-state index in [0.29, 0.717) is 29.6 Å². The number of amides is 1. The maximum atomic E-state index is 13.5. The molecule has 0 bridgehead atoms. The van der Waals surface area contributed by atoms with Crippen molar-refractivity contribution in [1.29, 1.82) is 0 Å². The molecule has 2 heterocycles. The van der Waals surface area contributed by atoms with Crippen LogP contribution in [0, 0.1) is 11.7 Å². The van der Waals surface area contributed by atoms with Crippen LogP contribution >= 0.6 is 0 Å². The van der Waals surface area contributed by atoms with Gasteiger partial charge in [0.2, 0.25) is 5.91 Å². The molecule has 1 N–H and O–H groups in total. The highest BCUT2D eigenvalue weighted by Crippen LogP contribution is 2.27. The molecule has 1 aromatic carbocycles. The van der Waals surface area contributed by atoms with Gasteiger partial charge in [-0.1, -0.05) is 19.3 Å². The Morgan fingerprint density at radius 2 is 2.03 bits per heavy atom. The number of anilines is 1. The Bertz CT molecular complexity index is 1110. The van der Waals surface area contributed by atoms with Gasteiger partial charge in [-0.3, -0.25) is 14.2 Å². The van der Waals surface area contributed by atoms with Gasteiger partial charge in [-0.05, 0) is 49.1 Å². The van der Waals surface area contributed by atoms with Crippen molar-refractivity contribution in [2.24, 2.45) is 5.92 Å². The van der Waals surface area contributed by atoms with E-state index in [-0.39, 0.29) is 11.9 Å². The average molecular weight is 410 g/mol. The molecule has 30 heavy (non-hydrogen) atoms. The number of benzene rings is 1. The fourth-order valence-corrected chi connectivity index (χ4v) is 3.73. The van der Waals surface area contributed by atoms with Crippen LogP contribution in [0.25, 0.3) is 10.9 Å². The highest BCUT2D eigenvalue weighted by atomic mass is 19.1. The number of fused-ring (bicyclic) bond motifs is 1. The Morgan fingerprint density at radius 3 is 2.87 bits per heavy atom. The van der Waals surface area contributed by atoms with Crippen LogP contribution in [0.3, 0.4) is 0 Å². The lowest BCUT2D eigenvalue weighted by Gasteiger charge is -2.22. The molecular weight excluding hydrogens is 387 g/mol. The minimum atomic E-state index is -0.531. The highest BCUT2D eigenvalue weighted by molar-refractivity contribution is 5.91. The van der Waals surface area contributed by atoms with E-state index in [1.54, 1.807) is 18.3 Å². The second kappa shape index (κ2) is 9.02. The SMILES string of the molecule is O=C(Cn1cnc2ccc(F)cc2c1=O)Nc1ncccc1OCC1CCCCC1. The number of ether oxygens (including phenoxy) is 1. The lowest BCUT2D eigenvalue weighted by molar-refractivity contribution is -0.116. The summed E-state index contributed by atoms with van der Waals surface area (Å²) in [6.45, 7) is 0.325. The standard InChI is InChI=1S/C22H23FN4O3/c23-16-8-9-18-17(11-16)22(29)27(14-25-18)12-20(28)26-21-19(7-4-10-24-21)30-13-15-5-2-1-3-6-15/h4,7-11,14-15H,1-3,5-6,12-13H2,(H,24,26,28). The first kappa shape index (κ1) is 20.0. The van der Waals surface area contributed by atoms with Crippen molar-refractivity contribution in [2.75, 3.05) is 11.9 Å². The monoisotopic (exact) mass is 410 g/mol. The molecular formula is C22H23FN4O3. The van der Waals surface area contributed by atoms with Gasteiger partial charge < -0.3 is 10.1 Å². The van der Waals surface area contributed by atoms with E-state index >= 15 is 0 Å². The Labute approximate surface area is 172 Å². The fourth-order valence-electron chi connectivity index (χ4n) is 3.73. The number of rotatable bonds is 6. The van der Waals surface area contributed by atoms with Crippen LogP contribution in [0.15, 0.2) is 47.7 Å². The van der Waals surface area contributed by atoms with Gasteiger partial charge in [0.05, 0.1) is 23.8 Å². The van der Waals surface area contributed by atoms with Gasteiger partial charge in [-0.15, -0.1) is 0 Å². The first-order valence-electron chi connectivity index (χ1n) is 10.1. The molecule has 2 aromatic heterocycles. The topological polar surface area (TPSA) is 86.1 Å². The lowest BCUT2D eigenvalue weighted by Crippen LogP contribution is -2.28. The summed E-state index contributed by atoms with van der Waals surface area (Å²) in [4.78, 5) is 33.4. The number of nitrogens with one attached hydrogen (secondary N) is 1. The summed E-state index contributed by atoms with van der Waals surface area (Å²) in [5.41, 5.74) is -0.106. The molecule has 8 heteroatoms. The number of aromatic nitrogens is 3. The predicted molar refractivity (Wildman–Crippen MR) is 111 cm³/mol. The summed E-state index contributed by atoms with van der Waals surface area (Å²) in [5.74, 6) is 0.353. The summed E-state index contributed by atoms with van der Waals surface area (Å²) in [5, 5.41) is 2.82. The van der Waals surface area contributed by atoms with Crippen molar-refractivity contribution >= 4 is 22.6 Å². The smallest absolute Gasteiger partial charge is 0.261 e. The molecule has 1 fully saturated rings. The van der Waals surface area contributed by atoms with Gasteiger partial charge in [0.15, 0.2) is 11.6 Å². The molecule has 1 amide bonds. The molecule has 156 valence electrons. The molecule has 4 rings (SSSR count). The molecule has 0 atom stereocenters. The number of halogens is 1. The summed E-state index contributed by atoms with van der Waals surface area (Å²) >= 11 is 0. The number of pyridine rings is 1. The van der Waals surface area contributed by atoms with Gasteiger partial charge in [0.1, 0.15) is 12.4 Å². The first-order chi connectivity index (χ1) is 14.6. The van der Waals surface area contributed by atoms with E-state index in [9.17, 15) is 14.0 Å². The molecule has 0 saturated heterocycles. The maximum Gasteiger partial charge on any atom is 0.261 e. The van der Waals surface area contributed by atoms with Gasteiger partial charge in [0.25, 0.3) is 5.56 Å². The largest absolute Gasteiger partial charge is 0.489 e. The zero-order valence-corrected chi connectivity index (χ0v) is 16.5. The molecule has 1 aliphatic carbocycles. The van der Waals surface area contributed by atoms with Crippen molar-refractivity contribution in [3.8, 4) is 5.75 Å². The van der Waals surface area contributed by atoms with E-state index in [1.165, 1.54) is 37.7 Å². The Kier molecular flexibility index (Phi) is 6.02. The second-order valence-electron chi connectivity index (χ2n) is 7.55. The van der Waals surface area contributed by atoms with E-state index in [0.717, 1.165) is 23.5 Å². The third-order valence-corrected chi connectivity index (χ3v) is 5.33. The van der Waals surface area contributed by atoms with E-state index in [4.69, 9.17) is 4.74 Å². The molecule has 7 nitrogen and oxygen atoms in total. The number of nitrogens with zero attached hydrogens (tertiary/aromatic N) is 3. The van der Waals surface area contributed by atoms with Crippen LogP contribution < -0.4 is 15.6 Å². The summed E-state index contributed by atoms with van der Waals surface area (Å²) in [6, 6.07) is 7.30. The molecule has 0 radical (unpaired) electrons. The summed E-state index contributed by atoms with van der Waals surface area (Å²) in [6.07, 6.45) is 8.88. The Hall–Kier alpha value is -3.29. The van der Waals surface area contributed by atoms with Crippen LogP contribution in [-0.4, -0.2) is 27.0 Å². The zero-order valence-electron chi connectivity index (χ0n) is 16.5. The molecule has 1 aliphatic rings. The van der Waals surface area contributed by atoms with Crippen molar-refractivity contribution in [1.82, 2.24) is 14.5 Å². The van der Waals surface area contributed by atoms with Gasteiger partial charge in [-0.25, -0.2) is 14.4 Å². The third-order valence-electron chi connectivity index (χ3n) is 5.33. The normalized spacial score (nSPS) is 14.6. The quantitative estimate of drug-likeness (QED) is 0.672. The molecule has 0 unspecified atom stereocenters. The van der Waals surface area contributed by atoms with E-state index < -0.39 is 17.3 Å². The lowest BCUT2D eigenvalue weighted by atomic mass is 9.90. The van der Waals surface area contributed by atoms with Crippen LogP contribution in [0.5, 0.6) is 5.75 Å². The average Bonchev–Trinajstić information content (AvgIpc) is 2.76. The van der Waals surface area contributed by atoms with Crippen LogP contribution in [-0.2, 0) is 11.3 Å². The minimum Gasteiger partial charge on any atom is -0.489 e. The second-order valence-corrected chi connectivity index (χ2v) is 7.55. The molecule has 1 saturated carbocycles. The van der Waals surface area contributed by atoms with Crippen LogP contribution in [0.2, 0.25) is 0 Å². The molecule has 0 aliphatic heterocycles. The van der Waals surface area contributed by atoms with Crippen molar-refractivity contribution in [3.05, 3.63) is 59.0 Å². The van der Waals surface area contributed by atoms with Gasteiger partial charge >= 0.3 is 0 Å². The number of carbonyl (C=O) groups excluding carboxylic acids is 1. The first-order valence-corrected chi connectivity index (χ1v) is 10.1. The molecule has 3 aromatic rings. The number of hydrogen-bond acceptors (Lipinski definition) is 5. The van der Waals surface area contributed by atoms with Gasteiger partial charge in [-0.2, -0.15) is 0 Å². The maximum absolute atomic E-state index is 13.5. The third kappa shape index (κ3) is 4.64. The summed E-state index contributed by atoms with van der Waals surface area (Å²) < 4.78 is 20.5. The van der Waals surface area contributed by atoms with E-state index in [2.05, 4.69) is 15.3 Å². The highest BCUT2D eigenvalue weighted by Gasteiger charge is 2.16. The number of carbonyl (C=O) groups is 1. The number of hydrogen-bond donors (Lipinski definition) is 1. The zero-order chi connectivity index (χ0) is 20.9. The Morgan fingerprint density at radius 1 is 1.20 bits per heavy atom. The van der Waals surface area contributed by atoms with Crippen molar-refractivity contribution in [2.45, 2.75) is 38.6 Å². The van der Waals surface area contributed by atoms with Crippen molar-refractivity contribution in [3.63, 3.8) is 0 Å². The predicted octanol–water partition coefficient (Wildman–Crippen LogP) is 3.53. The molecule has 0 spiro atoms. The van der Waals surface area contributed by atoms with Crippen molar-refractivity contribution < 1.29 is 13.9 Å². The van der Waals surface area contributed by atoms with Crippen LogP contribution in [0.1, 0.15) is 32.1 Å². The summed E-state index contributed by atoms with van der Waals surface area (Å²) in [7, 11) is 0. The van der Waals surface area contributed by atoms with Crippen LogP contribution in [0.4, 0.5) is 10.2 Å². The minimum absolute atomic E-state index is 0.125. The van der Waals surface area contributed by atoms with Gasteiger partial charge in [0, 0.05) is 6.20 Å². The fraction of sp³-hybridized carbons (Fsp3) is 0.364. The van der Waals surface area contributed by atoms with E-state index in [1.807, 2.05) is 0 Å².